The fourth-order valence-corrected chi connectivity index (χ4v) is 1.25. The van der Waals surface area contributed by atoms with Crippen molar-refractivity contribution in [1.82, 2.24) is 4.94 Å². The molecule has 0 aromatic heterocycles. The van der Waals surface area contributed by atoms with Crippen LogP contribution in [0.1, 0.15) is 13.8 Å². The van der Waals surface area contributed by atoms with Crippen molar-refractivity contribution in [2.45, 2.75) is 20.0 Å². The summed E-state index contributed by atoms with van der Waals surface area (Å²) >= 11 is 11.2. The zero-order chi connectivity index (χ0) is 10.6. The van der Waals surface area contributed by atoms with Crippen LogP contribution in [0, 0.1) is 0 Å². The Bertz CT molecular complexity index is 305. The average Bonchev–Trinajstić information content (AvgIpc) is 2.10. The molecule has 1 aromatic rings. The molecule has 1 rings (SSSR count). The third kappa shape index (κ3) is 3.25. The first-order valence-electron chi connectivity index (χ1n) is 4.21. The lowest BCUT2D eigenvalue weighted by Gasteiger charge is -2.12. The van der Waals surface area contributed by atoms with Gasteiger partial charge in [0, 0.05) is 6.07 Å². The van der Waals surface area contributed by atoms with Crippen molar-refractivity contribution >= 4 is 29.1 Å². The molecule has 0 fully saturated rings. The molecular weight excluding hydrogens is 223 g/mol. The van der Waals surface area contributed by atoms with Gasteiger partial charge in [-0.05, 0) is 37.8 Å². The Morgan fingerprint density at radius 3 is 2.64 bits per heavy atom. The van der Waals surface area contributed by atoms with Crippen LogP contribution < -0.4 is 15.1 Å². The maximum atomic E-state index is 5.93. The van der Waals surface area contributed by atoms with Crippen LogP contribution in [0.4, 0.5) is 5.69 Å². The minimum Gasteiger partial charge on any atom is -0.489 e. The molecule has 0 aliphatic carbocycles. The highest BCUT2D eigenvalue weighted by atomic mass is 35.5. The molecule has 3 nitrogen and oxygen atoms in total. The maximum absolute atomic E-state index is 5.93. The quantitative estimate of drug-likeness (QED) is 0.621. The first-order valence-corrected chi connectivity index (χ1v) is 4.97. The van der Waals surface area contributed by atoms with E-state index in [1.54, 1.807) is 18.2 Å². The van der Waals surface area contributed by atoms with Gasteiger partial charge in [-0.3, -0.25) is 0 Å². The molecule has 0 unspecified atom stereocenters. The van der Waals surface area contributed by atoms with Crippen molar-refractivity contribution < 1.29 is 4.74 Å². The van der Waals surface area contributed by atoms with Crippen molar-refractivity contribution in [3.8, 4) is 5.75 Å². The van der Waals surface area contributed by atoms with E-state index in [9.17, 15) is 0 Å². The van der Waals surface area contributed by atoms with Gasteiger partial charge in [-0.1, -0.05) is 11.6 Å². The highest BCUT2D eigenvalue weighted by molar-refractivity contribution is 6.32. The molecule has 0 bridgehead atoms. The van der Waals surface area contributed by atoms with E-state index in [2.05, 4.69) is 10.4 Å². The van der Waals surface area contributed by atoms with Crippen LogP contribution >= 0.6 is 23.4 Å². The van der Waals surface area contributed by atoms with Gasteiger partial charge >= 0.3 is 0 Å². The first-order chi connectivity index (χ1) is 6.63. The Morgan fingerprint density at radius 1 is 1.36 bits per heavy atom. The number of halogens is 2. The van der Waals surface area contributed by atoms with E-state index in [4.69, 9.17) is 28.1 Å². The maximum Gasteiger partial charge on any atom is 0.140 e. The molecule has 0 heterocycles. The standard InChI is InChI=1S/C9H12Cl2N2O/c1-6(2)14-9-5-7(12-13-11)3-4-8(9)10/h3-6,12-13H,1-2H3. The Balaban J connectivity index is 2.84. The molecule has 0 atom stereocenters. The van der Waals surface area contributed by atoms with Crippen LogP contribution in [0.3, 0.4) is 0 Å². The van der Waals surface area contributed by atoms with Gasteiger partial charge in [0.1, 0.15) is 5.75 Å². The van der Waals surface area contributed by atoms with Crippen molar-refractivity contribution in [3.05, 3.63) is 23.2 Å². The summed E-state index contributed by atoms with van der Waals surface area (Å²) in [6.45, 7) is 3.88. The molecule has 5 heteroatoms. The smallest absolute Gasteiger partial charge is 0.140 e. The Kier molecular flexibility index (Phi) is 4.32. The highest BCUT2D eigenvalue weighted by Gasteiger charge is 2.04. The lowest BCUT2D eigenvalue weighted by Crippen LogP contribution is -2.10. The predicted molar refractivity (Wildman–Crippen MR) is 59.8 cm³/mol. The minimum absolute atomic E-state index is 0.0895. The van der Waals surface area contributed by atoms with Crippen molar-refractivity contribution in [3.63, 3.8) is 0 Å². The number of hydrogen-bond acceptors (Lipinski definition) is 3. The van der Waals surface area contributed by atoms with Crippen LogP contribution in [0.2, 0.25) is 5.02 Å². The van der Waals surface area contributed by atoms with Gasteiger partial charge in [0.2, 0.25) is 0 Å². The summed E-state index contributed by atoms with van der Waals surface area (Å²) in [7, 11) is 0. The van der Waals surface area contributed by atoms with Crippen molar-refractivity contribution in [2.24, 2.45) is 0 Å². The van der Waals surface area contributed by atoms with Crippen LogP contribution in [0.5, 0.6) is 5.75 Å². The van der Waals surface area contributed by atoms with Crippen molar-refractivity contribution in [1.29, 1.82) is 0 Å². The van der Waals surface area contributed by atoms with Crippen LogP contribution in [0.15, 0.2) is 18.2 Å². The minimum atomic E-state index is 0.0895. The molecule has 0 radical (unpaired) electrons. The van der Waals surface area contributed by atoms with E-state index in [0.717, 1.165) is 5.69 Å². The second kappa shape index (κ2) is 5.29. The van der Waals surface area contributed by atoms with E-state index in [-0.39, 0.29) is 6.10 Å². The van der Waals surface area contributed by atoms with Gasteiger partial charge in [0.15, 0.2) is 0 Å². The van der Waals surface area contributed by atoms with E-state index < -0.39 is 0 Å². The second-order valence-electron chi connectivity index (χ2n) is 3.03. The molecule has 0 saturated heterocycles. The second-order valence-corrected chi connectivity index (χ2v) is 3.63. The summed E-state index contributed by atoms with van der Waals surface area (Å²) in [5.41, 5.74) is 3.52. The topological polar surface area (TPSA) is 33.3 Å². The molecule has 0 amide bonds. The van der Waals surface area contributed by atoms with E-state index in [1.165, 1.54) is 0 Å². The molecule has 14 heavy (non-hydrogen) atoms. The first kappa shape index (κ1) is 11.4. The van der Waals surface area contributed by atoms with Gasteiger partial charge in [-0.25, -0.2) is 0 Å². The monoisotopic (exact) mass is 234 g/mol. The molecule has 0 spiro atoms. The zero-order valence-electron chi connectivity index (χ0n) is 7.97. The number of anilines is 1. The van der Waals surface area contributed by atoms with Crippen LogP contribution in [-0.2, 0) is 0 Å². The third-order valence-corrected chi connectivity index (χ3v) is 1.89. The largest absolute Gasteiger partial charge is 0.489 e. The Labute approximate surface area is 93.4 Å². The fraction of sp³-hybridized carbons (Fsp3) is 0.333. The van der Waals surface area contributed by atoms with E-state index in [0.29, 0.717) is 10.8 Å². The van der Waals surface area contributed by atoms with Gasteiger partial charge in [-0.2, -0.15) is 0 Å². The Morgan fingerprint density at radius 2 is 2.07 bits per heavy atom. The number of hydrazine groups is 1. The Hall–Kier alpha value is -0.640. The summed E-state index contributed by atoms with van der Waals surface area (Å²) in [5, 5.41) is 0.582. The number of nitrogens with one attached hydrogen (secondary N) is 2. The summed E-state index contributed by atoms with van der Waals surface area (Å²) in [6.07, 6.45) is 0.0895. The van der Waals surface area contributed by atoms with Gasteiger partial charge < -0.3 is 10.2 Å². The van der Waals surface area contributed by atoms with Gasteiger partial charge in [-0.15, -0.1) is 4.94 Å². The van der Waals surface area contributed by atoms with Crippen molar-refractivity contribution in [2.75, 3.05) is 5.43 Å². The van der Waals surface area contributed by atoms with Crippen LogP contribution in [0.25, 0.3) is 0 Å². The lowest BCUT2D eigenvalue weighted by atomic mass is 10.3. The van der Waals surface area contributed by atoms with E-state index >= 15 is 0 Å². The number of ether oxygens (including phenoxy) is 1. The molecule has 0 aliphatic rings. The summed E-state index contributed by atoms with van der Waals surface area (Å²) in [4.78, 5) is 2.31. The summed E-state index contributed by atoms with van der Waals surface area (Å²) in [6, 6.07) is 5.32. The summed E-state index contributed by atoms with van der Waals surface area (Å²) in [5.74, 6) is 0.638. The molecule has 0 aliphatic heterocycles. The molecule has 2 N–H and O–H groups in total. The molecule has 0 saturated carbocycles. The predicted octanol–water partition coefficient (Wildman–Crippen LogP) is 3.20. The molecular formula is C9H12Cl2N2O. The SMILES string of the molecule is CC(C)Oc1cc(NNCl)ccc1Cl. The normalized spacial score (nSPS) is 10.4. The van der Waals surface area contributed by atoms with Gasteiger partial charge in [0.05, 0.1) is 16.8 Å². The third-order valence-electron chi connectivity index (χ3n) is 1.49. The summed E-state index contributed by atoms with van der Waals surface area (Å²) < 4.78 is 5.49. The number of hydrogen-bond donors (Lipinski definition) is 2. The molecule has 78 valence electrons. The number of rotatable bonds is 4. The molecule has 1 aromatic carbocycles. The zero-order valence-corrected chi connectivity index (χ0v) is 9.49. The number of benzene rings is 1. The fourth-order valence-electron chi connectivity index (χ4n) is 0.980. The van der Waals surface area contributed by atoms with E-state index in [1.807, 2.05) is 13.8 Å². The highest BCUT2D eigenvalue weighted by Crippen LogP contribution is 2.28. The van der Waals surface area contributed by atoms with Gasteiger partial charge in [0.25, 0.3) is 0 Å². The average molecular weight is 235 g/mol. The lowest BCUT2D eigenvalue weighted by molar-refractivity contribution is 0.242. The van der Waals surface area contributed by atoms with Crippen LogP contribution in [-0.4, -0.2) is 6.10 Å².